The third kappa shape index (κ3) is 10.5. The Morgan fingerprint density at radius 1 is 1.23 bits per heavy atom. The largest absolute Gasteiger partial charge is 0.383 e. The Morgan fingerprint density at radius 2 is 1.73 bits per heavy atom. The third-order valence-electron chi connectivity index (χ3n) is 2.25. The van der Waals surface area contributed by atoms with Crippen LogP contribution >= 0.6 is 0 Å². The molecule has 0 heterocycles. The number of benzene rings is 1. The number of hydrogen-bond donors (Lipinski definition) is 2. The van der Waals surface area contributed by atoms with Gasteiger partial charge in [-0.1, -0.05) is 23.8 Å². The number of methoxy groups -OCH3 is 1. The standard InChI is InChI=1S/C7H8O3S.C6H13NO3S/c1-6-2-4-7(5-3-6)11(8,9)10;1-10-5-6(7)3-4-11(2,8)9/h2-5H,1H3,(H,8,9,10);3-4,6H,5,7H2,1-2H3/b;4-3+. The van der Waals surface area contributed by atoms with E-state index in [-0.39, 0.29) is 10.9 Å². The Morgan fingerprint density at radius 3 is 2.09 bits per heavy atom. The number of hydrogen-bond acceptors (Lipinski definition) is 6. The lowest BCUT2D eigenvalue weighted by molar-refractivity contribution is 0.192. The zero-order valence-corrected chi connectivity index (χ0v) is 14.3. The molecule has 0 radical (unpaired) electrons. The van der Waals surface area contributed by atoms with Gasteiger partial charge in [-0.3, -0.25) is 4.55 Å². The molecule has 0 saturated carbocycles. The van der Waals surface area contributed by atoms with Crippen molar-refractivity contribution in [2.24, 2.45) is 5.73 Å². The Kier molecular flexibility index (Phi) is 8.49. The van der Waals surface area contributed by atoms with E-state index in [1.165, 1.54) is 25.3 Å². The van der Waals surface area contributed by atoms with Crippen LogP contribution in [0.25, 0.3) is 0 Å². The van der Waals surface area contributed by atoms with Crippen LogP contribution in [0.2, 0.25) is 0 Å². The highest BCUT2D eigenvalue weighted by atomic mass is 32.2. The van der Waals surface area contributed by atoms with E-state index in [1.807, 2.05) is 6.92 Å². The molecular formula is C13H21NO6S2. The predicted octanol–water partition coefficient (Wildman–Crippen LogP) is 0.760. The molecule has 7 nitrogen and oxygen atoms in total. The fourth-order valence-corrected chi connectivity index (χ4v) is 2.17. The van der Waals surface area contributed by atoms with Crippen molar-refractivity contribution in [2.75, 3.05) is 20.0 Å². The molecule has 3 N–H and O–H groups in total. The van der Waals surface area contributed by atoms with E-state index in [0.29, 0.717) is 6.61 Å². The van der Waals surface area contributed by atoms with Crippen LogP contribution in [-0.4, -0.2) is 47.4 Å². The molecule has 0 saturated heterocycles. The minimum Gasteiger partial charge on any atom is -0.383 e. The van der Waals surface area contributed by atoms with E-state index in [0.717, 1.165) is 17.2 Å². The SMILES string of the molecule is COCC(N)/C=C/S(C)(=O)=O.Cc1ccc(S(=O)(=O)O)cc1. The van der Waals surface area contributed by atoms with Gasteiger partial charge < -0.3 is 10.5 Å². The second kappa shape index (κ2) is 9.01. The van der Waals surface area contributed by atoms with Crippen molar-refractivity contribution >= 4 is 20.0 Å². The highest BCUT2D eigenvalue weighted by Crippen LogP contribution is 2.08. The lowest BCUT2D eigenvalue weighted by Gasteiger charge is -2.02. The van der Waals surface area contributed by atoms with Gasteiger partial charge >= 0.3 is 0 Å². The van der Waals surface area contributed by atoms with Gasteiger partial charge in [0.1, 0.15) is 0 Å². The average Bonchev–Trinajstić information content (AvgIpc) is 2.36. The van der Waals surface area contributed by atoms with Crippen LogP contribution in [0.4, 0.5) is 0 Å². The molecule has 0 aliphatic heterocycles. The molecule has 22 heavy (non-hydrogen) atoms. The van der Waals surface area contributed by atoms with Crippen LogP contribution < -0.4 is 5.73 Å². The topological polar surface area (TPSA) is 124 Å². The summed E-state index contributed by atoms with van der Waals surface area (Å²) in [6.45, 7) is 2.17. The van der Waals surface area contributed by atoms with Crippen molar-refractivity contribution in [3.05, 3.63) is 41.3 Å². The van der Waals surface area contributed by atoms with Gasteiger partial charge in [0.25, 0.3) is 10.1 Å². The zero-order chi connectivity index (χ0) is 17.4. The van der Waals surface area contributed by atoms with Crippen molar-refractivity contribution < 1.29 is 26.1 Å². The molecule has 0 fully saturated rings. The van der Waals surface area contributed by atoms with Gasteiger partial charge in [-0.2, -0.15) is 8.42 Å². The molecule has 9 heteroatoms. The number of sulfone groups is 1. The molecule has 0 aromatic heterocycles. The first-order valence-electron chi connectivity index (χ1n) is 6.12. The Labute approximate surface area is 131 Å². The van der Waals surface area contributed by atoms with E-state index < -0.39 is 20.0 Å². The number of rotatable bonds is 5. The summed E-state index contributed by atoms with van der Waals surface area (Å²) in [7, 11) is -5.57. The lowest BCUT2D eigenvalue weighted by Crippen LogP contribution is -2.22. The summed E-state index contributed by atoms with van der Waals surface area (Å²) in [5.41, 5.74) is 6.37. The first-order valence-corrected chi connectivity index (χ1v) is 9.52. The van der Waals surface area contributed by atoms with Gasteiger partial charge in [0.2, 0.25) is 0 Å². The van der Waals surface area contributed by atoms with Gasteiger partial charge in [0.05, 0.1) is 11.5 Å². The summed E-state index contributed by atoms with van der Waals surface area (Å²) in [6, 6.07) is 5.64. The number of aryl methyl sites for hydroxylation is 1. The molecule has 1 aromatic rings. The van der Waals surface area contributed by atoms with Crippen LogP contribution in [-0.2, 0) is 24.7 Å². The number of ether oxygens (including phenoxy) is 1. The second-order valence-corrected chi connectivity index (χ2v) is 7.92. The van der Waals surface area contributed by atoms with Crippen LogP contribution in [0.5, 0.6) is 0 Å². The Bertz CT molecular complexity index is 678. The molecule has 1 aromatic carbocycles. The molecule has 0 aliphatic carbocycles. The lowest BCUT2D eigenvalue weighted by atomic mass is 10.2. The average molecular weight is 351 g/mol. The summed E-state index contributed by atoms with van der Waals surface area (Å²) >= 11 is 0. The molecule has 126 valence electrons. The van der Waals surface area contributed by atoms with Crippen LogP contribution in [0.15, 0.2) is 40.6 Å². The molecule has 0 bridgehead atoms. The van der Waals surface area contributed by atoms with Crippen LogP contribution in [0.1, 0.15) is 5.56 Å². The van der Waals surface area contributed by atoms with Crippen molar-refractivity contribution in [1.29, 1.82) is 0 Å². The highest BCUT2D eigenvalue weighted by Gasteiger charge is 2.06. The molecule has 1 rings (SSSR count). The summed E-state index contributed by atoms with van der Waals surface area (Å²) in [4.78, 5) is -0.0666. The van der Waals surface area contributed by atoms with Crippen molar-refractivity contribution in [1.82, 2.24) is 0 Å². The molecule has 0 spiro atoms. The maximum absolute atomic E-state index is 10.6. The van der Waals surface area contributed by atoms with Gasteiger partial charge in [-0.25, -0.2) is 8.42 Å². The monoisotopic (exact) mass is 351 g/mol. The quantitative estimate of drug-likeness (QED) is 0.750. The fraction of sp³-hybridized carbons (Fsp3) is 0.385. The maximum Gasteiger partial charge on any atom is 0.294 e. The predicted molar refractivity (Wildman–Crippen MR) is 84.8 cm³/mol. The first-order chi connectivity index (χ1) is 9.95. The number of nitrogens with two attached hydrogens (primary N) is 1. The van der Waals surface area contributed by atoms with E-state index in [1.54, 1.807) is 12.1 Å². The van der Waals surface area contributed by atoms with E-state index in [4.69, 9.17) is 15.0 Å². The van der Waals surface area contributed by atoms with Gasteiger partial charge in [-0.05, 0) is 19.1 Å². The molecule has 1 unspecified atom stereocenters. The molecule has 1 atom stereocenters. The smallest absolute Gasteiger partial charge is 0.294 e. The van der Waals surface area contributed by atoms with E-state index >= 15 is 0 Å². The van der Waals surface area contributed by atoms with Crippen LogP contribution in [0, 0.1) is 6.92 Å². The maximum atomic E-state index is 10.6. The minimum atomic E-state index is -4.02. The summed E-state index contributed by atoms with van der Waals surface area (Å²) in [6.07, 6.45) is 2.52. The van der Waals surface area contributed by atoms with Gasteiger partial charge in [0, 0.05) is 24.8 Å². The van der Waals surface area contributed by atoms with Gasteiger partial charge in [0.15, 0.2) is 9.84 Å². The highest BCUT2D eigenvalue weighted by molar-refractivity contribution is 7.93. The van der Waals surface area contributed by atoms with Crippen molar-refractivity contribution in [3.8, 4) is 0 Å². The normalized spacial score (nSPS) is 13.5. The molecule has 0 aliphatic rings. The zero-order valence-electron chi connectivity index (χ0n) is 12.6. The fourth-order valence-electron chi connectivity index (χ4n) is 1.20. The van der Waals surface area contributed by atoms with E-state index in [9.17, 15) is 16.8 Å². The van der Waals surface area contributed by atoms with E-state index in [2.05, 4.69) is 0 Å². The van der Waals surface area contributed by atoms with Crippen LogP contribution in [0.3, 0.4) is 0 Å². The molecule has 0 amide bonds. The Hall–Kier alpha value is -1.26. The summed E-state index contributed by atoms with van der Waals surface area (Å²) in [5, 5.41) is 1.08. The summed E-state index contributed by atoms with van der Waals surface area (Å²) in [5.74, 6) is 0. The van der Waals surface area contributed by atoms with Crippen molar-refractivity contribution in [2.45, 2.75) is 17.9 Å². The summed E-state index contributed by atoms with van der Waals surface area (Å²) < 4.78 is 55.4. The van der Waals surface area contributed by atoms with Gasteiger partial charge in [-0.15, -0.1) is 0 Å². The molecular weight excluding hydrogens is 330 g/mol. The minimum absolute atomic E-state index is 0.0666. The Balaban J connectivity index is 0.000000401. The third-order valence-corrected chi connectivity index (χ3v) is 3.77. The first kappa shape index (κ1) is 20.7. The van der Waals surface area contributed by atoms with Crippen molar-refractivity contribution in [3.63, 3.8) is 0 Å². The second-order valence-electron chi connectivity index (χ2n) is 4.57.